The molecule has 0 aromatic heterocycles. The summed E-state index contributed by atoms with van der Waals surface area (Å²) in [4.78, 5) is 6.79. The summed E-state index contributed by atoms with van der Waals surface area (Å²) < 4.78 is 22.6. The van der Waals surface area contributed by atoms with Gasteiger partial charge >= 0.3 is 0 Å². The number of sulfone groups is 1. The van der Waals surface area contributed by atoms with Crippen molar-refractivity contribution < 1.29 is 8.42 Å². The van der Waals surface area contributed by atoms with E-state index in [0.29, 0.717) is 12.5 Å². The highest BCUT2D eigenvalue weighted by atomic mass is 32.2. The summed E-state index contributed by atoms with van der Waals surface area (Å²) in [5.41, 5.74) is 1.34. The first-order valence-electron chi connectivity index (χ1n) is 9.30. The number of hydrogen-bond donors (Lipinski definition) is 2. The van der Waals surface area contributed by atoms with Crippen LogP contribution in [0.2, 0.25) is 0 Å². The number of rotatable bonds is 8. The molecule has 0 bridgehead atoms. The van der Waals surface area contributed by atoms with E-state index in [9.17, 15) is 8.42 Å². The van der Waals surface area contributed by atoms with E-state index in [-0.39, 0.29) is 11.8 Å². The molecule has 1 fully saturated rings. The van der Waals surface area contributed by atoms with E-state index in [1.165, 1.54) is 24.7 Å². The SMILES string of the molecule is CN=C(NCC1CCCN1Cc1ccccc1)NC(C)CCS(C)(=O)=O. The van der Waals surface area contributed by atoms with Crippen molar-refractivity contribution in [2.75, 3.05) is 32.1 Å². The van der Waals surface area contributed by atoms with Gasteiger partial charge in [-0.1, -0.05) is 30.3 Å². The van der Waals surface area contributed by atoms with Crippen LogP contribution < -0.4 is 10.6 Å². The molecule has 0 aliphatic carbocycles. The molecule has 26 heavy (non-hydrogen) atoms. The average Bonchev–Trinajstić information content (AvgIpc) is 3.04. The van der Waals surface area contributed by atoms with Crippen molar-refractivity contribution in [1.82, 2.24) is 15.5 Å². The van der Waals surface area contributed by atoms with Gasteiger partial charge in [0.25, 0.3) is 0 Å². The first-order valence-corrected chi connectivity index (χ1v) is 11.4. The van der Waals surface area contributed by atoms with Crippen molar-refractivity contribution in [3.63, 3.8) is 0 Å². The van der Waals surface area contributed by atoms with Crippen LogP contribution in [0.3, 0.4) is 0 Å². The van der Waals surface area contributed by atoms with E-state index < -0.39 is 9.84 Å². The molecule has 2 atom stereocenters. The van der Waals surface area contributed by atoms with Crippen LogP contribution in [0.15, 0.2) is 35.3 Å². The van der Waals surface area contributed by atoms with Crippen molar-refractivity contribution in [1.29, 1.82) is 0 Å². The van der Waals surface area contributed by atoms with Crippen LogP contribution in [0.25, 0.3) is 0 Å². The summed E-state index contributed by atoms with van der Waals surface area (Å²) in [5, 5.41) is 6.69. The molecule has 1 aliphatic rings. The van der Waals surface area contributed by atoms with Gasteiger partial charge in [-0.05, 0) is 38.3 Å². The lowest BCUT2D eigenvalue weighted by Gasteiger charge is -2.26. The number of nitrogens with one attached hydrogen (secondary N) is 2. The molecule has 2 unspecified atom stereocenters. The molecule has 1 aromatic rings. The number of hydrogen-bond acceptors (Lipinski definition) is 4. The molecule has 6 nitrogen and oxygen atoms in total. The minimum atomic E-state index is -2.93. The van der Waals surface area contributed by atoms with Crippen molar-refractivity contribution in [3.8, 4) is 0 Å². The minimum Gasteiger partial charge on any atom is -0.355 e. The fourth-order valence-corrected chi connectivity index (χ4v) is 4.04. The topological polar surface area (TPSA) is 73.8 Å². The molecule has 0 saturated carbocycles. The van der Waals surface area contributed by atoms with Gasteiger partial charge in [-0.3, -0.25) is 9.89 Å². The van der Waals surface area contributed by atoms with E-state index in [0.717, 1.165) is 25.6 Å². The summed E-state index contributed by atoms with van der Waals surface area (Å²) in [6.45, 7) is 4.92. The smallest absolute Gasteiger partial charge is 0.191 e. The third-order valence-corrected chi connectivity index (χ3v) is 5.74. The molecule has 0 amide bonds. The van der Waals surface area contributed by atoms with Gasteiger partial charge < -0.3 is 10.6 Å². The van der Waals surface area contributed by atoms with E-state index in [4.69, 9.17) is 0 Å². The third-order valence-electron chi connectivity index (χ3n) is 4.76. The zero-order valence-corrected chi connectivity index (χ0v) is 16.9. The lowest BCUT2D eigenvalue weighted by molar-refractivity contribution is 0.245. The van der Waals surface area contributed by atoms with Crippen LogP contribution in [0.1, 0.15) is 31.7 Å². The molecular formula is C19H32N4O2S. The second kappa shape index (κ2) is 9.92. The van der Waals surface area contributed by atoms with Crippen LogP contribution in [0.5, 0.6) is 0 Å². The van der Waals surface area contributed by atoms with Gasteiger partial charge in [-0.25, -0.2) is 8.42 Å². The summed E-state index contributed by atoms with van der Waals surface area (Å²) in [7, 11) is -1.19. The quantitative estimate of drug-likeness (QED) is 0.530. The Morgan fingerprint density at radius 1 is 1.35 bits per heavy atom. The van der Waals surface area contributed by atoms with Gasteiger partial charge in [0.2, 0.25) is 0 Å². The summed E-state index contributed by atoms with van der Waals surface area (Å²) in [6, 6.07) is 11.1. The van der Waals surface area contributed by atoms with E-state index >= 15 is 0 Å². The Morgan fingerprint density at radius 3 is 2.73 bits per heavy atom. The number of likely N-dealkylation sites (tertiary alicyclic amines) is 1. The van der Waals surface area contributed by atoms with Crippen LogP contribution >= 0.6 is 0 Å². The Morgan fingerprint density at radius 2 is 2.08 bits per heavy atom. The van der Waals surface area contributed by atoms with Crippen molar-refractivity contribution in [2.24, 2.45) is 4.99 Å². The number of aliphatic imine (C=N–C) groups is 1. The molecule has 146 valence electrons. The van der Waals surface area contributed by atoms with Gasteiger partial charge in [-0.15, -0.1) is 0 Å². The summed E-state index contributed by atoms with van der Waals surface area (Å²) in [5.74, 6) is 0.920. The molecule has 2 rings (SSSR count). The van der Waals surface area contributed by atoms with E-state index in [1.54, 1.807) is 7.05 Å². The standard InChI is InChI=1S/C19H32N4O2S/c1-16(11-13-26(3,24)25)22-19(20-2)21-14-18-10-7-12-23(18)15-17-8-5-4-6-9-17/h4-6,8-9,16,18H,7,10-15H2,1-3H3,(H2,20,21,22). The third kappa shape index (κ3) is 7.33. The molecule has 1 aromatic carbocycles. The van der Waals surface area contributed by atoms with Gasteiger partial charge in [0.1, 0.15) is 9.84 Å². The van der Waals surface area contributed by atoms with Crippen LogP contribution in [0.4, 0.5) is 0 Å². The zero-order chi connectivity index (χ0) is 19.0. The van der Waals surface area contributed by atoms with Crippen molar-refractivity contribution in [3.05, 3.63) is 35.9 Å². The molecule has 1 aliphatic heterocycles. The number of guanidine groups is 1. The lowest BCUT2D eigenvalue weighted by Crippen LogP contribution is -2.47. The maximum absolute atomic E-state index is 11.3. The first kappa shape index (κ1) is 20.7. The van der Waals surface area contributed by atoms with Crippen LogP contribution in [-0.4, -0.2) is 63.5 Å². The first-order chi connectivity index (χ1) is 12.4. The predicted molar refractivity (Wildman–Crippen MR) is 108 cm³/mol. The monoisotopic (exact) mass is 380 g/mol. The maximum Gasteiger partial charge on any atom is 0.191 e. The predicted octanol–water partition coefficient (Wildman–Crippen LogP) is 1.64. The fraction of sp³-hybridized carbons (Fsp3) is 0.632. The molecule has 2 N–H and O–H groups in total. The molecule has 0 spiro atoms. The molecule has 1 heterocycles. The highest BCUT2D eigenvalue weighted by Gasteiger charge is 2.24. The normalized spacial score (nSPS) is 20.1. The lowest BCUT2D eigenvalue weighted by atomic mass is 10.2. The summed E-state index contributed by atoms with van der Waals surface area (Å²) >= 11 is 0. The maximum atomic E-state index is 11.3. The zero-order valence-electron chi connectivity index (χ0n) is 16.1. The highest BCUT2D eigenvalue weighted by molar-refractivity contribution is 7.90. The van der Waals surface area contributed by atoms with E-state index in [2.05, 4.69) is 44.8 Å². The molecule has 0 radical (unpaired) electrons. The average molecular weight is 381 g/mol. The summed E-state index contributed by atoms with van der Waals surface area (Å²) in [6.07, 6.45) is 4.24. The Hall–Kier alpha value is -1.60. The van der Waals surface area contributed by atoms with E-state index in [1.807, 2.05) is 13.0 Å². The number of nitrogens with zero attached hydrogens (tertiary/aromatic N) is 2. The Bertz CT molecular complexity index is 676. The van der Waals surface area contributed by atoms with Crippen molar-refractivity contribution in [2.45, 2.75) is 44.8 Å². The van der Waals surface area contributed by atoms with Gasteiger partial charge in [0, 0.05) is 38.5 Å². The van der Waals surface area contributed by atoms with Gasteiger partial charge in [0.05, 0.1) is 5.75 Å². The number of benzene rings is 1. The second-order valence-corrected chi connectivity index (χ2v) is 9.43. The van der Waals surface area contributed by atoms with Gasteiger partial charge in [0.15, 0.2) is 5.96 Å². The Balaban J connectivity index is 1.79. The second-order valence-electron chi connectivity index (χ2n) is 7.17. The Kier molecular flexibility index (Phi) is 7.90. The van der Waals surface area contributed by atoms with Crippen LogP contribution in [0, 0.1) is 0 Å². The largest absolute Gasteiger partial charge is 0.355 e. The molecular weight excluding hydrogens is 348 g/mol. The highest BCUT2D eigenvalue weighted by Crippen LogP contribution is 2.19. The van der Waals surface area contributed by atoms with Crippen molar-refractivity contribution >= 4 is 15.8 Å². The molecule has 1 saturated heterocycles. The van der Waals surface area contributed by atoms with Crippen LogP contribution in [-0.2, 0) is 16.4 Å². The fourth-order valence-electron chi connectivity index (χ4n) is 3.26. The molecule has 7 heteroatoms. The Labute approximate surface area is 158 Å². The van der Waals surface area contributed by atoms with Gasteiger partial charge in [-0.2, -0.15) is 0 Å². The minimum absolute atomic E-state index is 0.0555.